The maximum absolute atomic E-state index is 14.0. The number of rotatable bonds is 7. The number of imide groups is 1. The van der Waals surface area contributed by atoms with Crippen molar-refractivity contribution in [2.24, 2.45) is 11.8 Å². The number of amides is 2. The highest BCUT2D eigenvalue weighted by atomic mass is 16.5. The second-order valence-electron chi connectivity index (χ2n) is 9.70. The molecule has 2 bridgehead atoms. The minimum Gasteiger partial charge on any atom is -0.494 e. The van der Waals surface area contributed by atoms with Crippen LogP contribution in [0.25, 0.3) is 0 Å². The molecule has 3 aliphatic carbocycles. The molecule has 2 unspecified atom stereocenters. The van der Waals surface area contributed by atoms with Gasteiger partial charge in [-0.2, -0.15) is 0 Å². The van der Waals surface area contributed by atoms with E-state index in [-0.39, 0.29) is 17.7 Å². The molecule has 176 valence electrons. The molecular formula is C30H27NO4. The number of hydrogen-bond donors (Lipinski definition) is 0. The summed E-state index contributed by atoms with van der Waals surface area (Å²) in [5.41, 5.74) is 2.98. The Balaban J connectivity index is 1.41. The fraction of sp³-hybridized carbons (Fsp3) is 0.300. The first-order valence-electron chi connectivity index (χ1n) is 12.4. The van der Waals surface area contributed by atoms with Crippen molar-refractivity contribution in [2.45, 2.75) is 37.5 Å². The van der Waals surface area contributed by atoms with E-state index in [1.807, 2.05) is 48.5 Å². The van der Waals surface area contributed by atoms with Crippen LogP contribution in [0.4, 0.5) is 5.69 Å². The van der Waals surface area contributed by atoms with Gasteiger partial charge in [0.1, 0.15) is 12.0 Å². The Labute approximate surface area is 204 Å². The zero-order valence-corrected chi connectivity index (χ0v) is 19.6. The summed E-state index contributed by atoms with van der Waals surface area (Å²) in [7, 11) is 0. The highest BCUT2D eigenvalue weighted by molar-refractivity contribution is 6.24. The number of benzene rings is 3. The van der Waals surface area contributed by atoms with Gasteiger partial charge < -0.3 is 9.53 Å². The minimum absolute atomic E-state index is 0.239. The van der Waals surface area contributed by atoms with Gasteiger partial charge >= 0.3 is 0 Å². The summed E-state index contributed by atoms with van der Waals surface area (Å²) >= 11 is 0. The van der Waals surface area contributed by atoms with E-state index in [9.17, 15) is 14.4 Å². The van der Waals surface area contributed by atoms with Crippen LogP contribution in [-0.2, 0) is 19.8 Å². The van der Waals surface area contributed by atoms with Gasteiger partial charge in [0, 0.05) is 5.92 Å². The highest BCUT2D eigenvalue weighted by Crippen LogP contribution is 2.63. The summed E-state index contributed by atoms with van der Waals surface area (Å²) < 4.78 is 5.80. The fourth-order valence-electron chi connectivity index (χ4n) is 6.52. The van der Waals surface area contributed by atoms with Gasteiger partial charge in [-0.15, -0.1) is 0 Å². The normalized spacial score (nSPS) is 25.7. The van der Waals surface area contributed by atoms with Crippen LogP contribution >= 0.6 is 0 Å². The number of unbranched alkanes of at least 4 members (excludes halogenated alkanes) is 2. The number of carbonyl (C=O) groups excluding carboxylic acids is 3. The van der Waals surface area contributed by atoms with E-state index in [0.717, 1.165) is 47.8 Å². The van der Waals surface area contributed by atoms with Crippen LogP contribution in [0.3, 0.4) is 0 Å². The first-order chi connectivity index (χ1) is 17.1. The molecule has 1 heterocycles. The Bertz CT molecular complexity index is 1280. The van der Waals surface area contributed by atoms with Crippen LogP contribution < -0.4 is 9.64 Å². The van der Waals surface area contributed by atoms with Crippen LogP contribution in [0.2, 0.25) is 0 Å². The molecule has 1 fully saturated rings. The maximum Gasteiger partial charge on any atom is 0.239 e. The van der Waals surface area contributed by atoms with Crippen LogP contribution in [0.15, 0.2) is 72.8 Å². The van der Waals surface area contributed by atoms with E-state index in [1.165, 1.54) is 4.90 Å². The van der Waals surface area contributed by atoms with E-state index in [4.69, 9.17) is 4.74 Å². The average molecular weight is 466 g/mol. The monoisotopic (exact) mass is 465 g/mol. The molecule has 3 aromatic carbocycles. The number of hydrogen-bond acceptors (Lipinski definition) is 4. The summed E-state index contributed by atoms with van der Waals surface area (Å²) in [5, 5.41) is 0. The van der Waals surface area contributed by atoms with E-state index >= 15 is 0 Å². The SMILES string of the molecule is CCCCCOc1ccc(N2C(=O)C3C4c5ccccc5C(C=O)(c5ccccc54)C3C2=O)cc1. The van der Waals surface area contributed by atoms with Crippen LogP contribution in [0, 0.1) is 11.8 Å². The molecule has 0 spiro atoms. The summed E-state index contributed by atoms with van der Waals surface area (Å²) in [6.45, 7) is 2.79. The first kappa shape index (κ1) is 21.8. The number of aldehydes is 1. The maximum atomic E-state index is 14.0. The standard InChI is InChI=1S/C30H27NO4/c1-2-3-8-17-35-20-15-13-19(14-16-20)31-28(33)26-25-21-9-4-6-11-23(21)30(18-32,27(26)29(31)34)24-12-7-5-10-22(24)25/h4-7,9-16,18,25-27H,2-3,8,17H2,1H3. The lowest BCUT2D eigenvalue weighted by atomic mass is 9.48. The number of carbonyl (C=O) groups is 3. The Morgan fingerprint density at radius 3 is 2.09 bits per heavy atom. The molecular weight excluding hydrogens is 438 g/mol. The van der Waals surface area contributed by atoms with Crippen molar-refractivity contribution in [3.8, 4) is 5.75 Å². The Morgan fingerprint density at radius 2 is 1.49 bits per heavy atom. The third-order valence-electron chi connectivity index (χ3n) is 7.98. The van der Waals surface area contributed by atoms with Crippen LogP contribution in [0.1, 0.15) is 54.4 Å². The number of nitrogens with zero attached hydrogens (tertiary/aromatic N) is 1. The fourth-order valence-corrected chi connectivity index (χ4v) is 6.52. The molecule has 5 nitrogen and oxygen atoms in total. The van der Waals surface area contributed by atoms with Crippen molar-refractivity contribution >= 4 is 23.8 Å². The molecule has 5 heteroatoms. The van der Waals surface area contributed by atoms with E-state index in [2.05, 4.69) is 6.92 Å². The molecule has 0 radical (unpaired) electrons. The smallest absolute Gasteiger partial charge is 0.239 e. The minimum atomic E-state index is -1.17. The van der Waals surface area contributed by atoms with Crippen molar-refractivity contribution in [3.63, 3.8) is 0 Å². The second-order valence-corrected chi connectivity index (χ2v) is 9.70. The van der Waals surface area contributed by atoms with Gasteiger partial charge in [-0.1, -0.05) is 68.3 Å². The lowest BCUT2D eigenvalue weighted by molar-refractivity contribution is -0.128. The lowest BCUT2D eigenvalue weighted by Gasteiger charge is -2.51. The van der Waals surface area contributed by atoms with E-state index in [1.54, 1.807) is 24.3 Å². The predicted molar refractivity (Wildman–Crippen MR) is 133 cm³/mol. The first-order valence-corrected chi connectivity index (χ1v) is 12.4. The molecule has 7 rings (SSSR count). The van der Waals surface area contributed by atoms with Crippen LogP contribution in [-0.4, -0.2) is 24.7 Å². The van der Waals surface area contributed by atoms with Gasteiger partial charge in [0.2, 0.25) is 11.8 Å². The van der Waals surface area contributed by atoms with Gasteiger partial charge in [-0.25, -0.2) is 4.90 Å². The molecule has 4 aliphatic rings. The molecule has 2 atom stereocenters. The van der Waals surface area contributed by atoms with Crippen molar-refractivity contribution in [1.82, 2.24) is 0 Å². The second kappa shape index (κ2) is 8.19. The molecule has 0 saturated carbocycles. The number of ether oxygens (including phenoxy) is 1. The van der Waals surface area contributed by atoms with Gasteiger partial charge in [-0.05, 0) is 52.9 Å². The van der Waals surface area contributed by atoms with Crippen molar-refractivity contribution in [2.75, 3.05) is 11.5 Å². The Hall–Kier alpha value is -3.73. The van der Waals surface area contributed by atoms with Crippen LogP contribution in [0.5, 0.6) is 5.75 Å². The molecule has 35 heavy (non-hydrogen) atoms. The predicted octanol–water partition coefficient (Wildman–Crippen LogP) is 5.01. The van der Waals surface area contributed by atoms with Gasteiger partial charge in [0.25, 0.3) is 0 Å². The molecule has 0 aromatic heterocycles. The molecule has 1 aliphatic heterocycles. The Kier molecular flexibility index (Phi) is 5.10. The van der Waals surface area contributed by atoms with Crippen molar-refractivity contribution in [1.29, 1.82) is 0 Å². The summed E-state index contributed by atoms with van der Waals surface area (Å²) in [6, 6.07) is 22.7. The summed E-state index contributed by atoms with van der Waals surface area (Å²) in [4.78, 5) is 42.2. The zero-order chi connectivity index (χ0) is 24.2. The molecule has 1 saturated heterocycles. The summed E-state index contributed by atoms with van der Waals surface area (Å²) in [5.74, 6) is -1.45. The summed E-state index contributed by atoms with van der Waals surface area (Å²) in [6.07, 6.45) is 4.13. The third kappa shape index (κ3) is 2.90. The average Bonchev–Trinajstić information content (AvgIpc) is 3.17. The third-order valence-corrected chi connectivity index (χ3v) is 7.98. The lowest BCUT2D eigenvalue weighted by Crippen LogP contribution is -2.54. The largest absolute Gasteiger partial charge is 0.494 e. The van der Waals surface area contributed by atoms with Gasteiger partial charge in [0.15, 0.2) is 0 Å². The van der Waals surface area contributed by atoms with E-state index in [0.29, 0.717) is 18.0 Å². The van der Waals surface area contributed by atoms with Crippen molar-refractivity contribution in [3.05, 3.63) is 95.1 Å². The molecule has 0 N–H and O–H groups in total. The molecule has 3 aromatic rings. The zero-order valence-electron chi connectivity index (χ0n) is 19.6. The topological polar surface area (TPSA) is 63.7 Å². The van der Waals surface area contributed by atoms with Gasteiger partial charge in [-0.3, -0.25) is 9.59 Å². The van der Waals surface area contributed by atoms with E-state index < -0.39 is 17.3 Å². The Morgan fingerprint density at radius 1 is 0.857 bits per heavy atom. The highest BCUT2D eigenvalue weighted by Gasteiger charge is 2.68. The quantitative estimate of drug-likeness (QED) is 0.280. The van der Waals surface area contributed by atoms with Crippen molar-refractivity contribution < 1.29 is 19.1 Å². The molecule has 2 amide bonds. The number of anilines is 1. The van der Waals surface area contributed by atoms with Gasteiger partial charge in [0.05, 0.1) is 29.5 Å².